The number of alkyl carbamates (subject to hydrolysis) is 1. The molecule has 0 bridgehead atoms. The average molecular weight is 671 g/mol. The fourth-order valence-corrected chi connectivity index (χ4v) is 6.27. The van der Waals surface area contributed by atoms with Crippen LogP contribution in [0.5, 0.6) is 5.88 Å². The van der Waals surface area contributed by atoms with Crippen molar-refractivity contribution in [1.82, 2.24) is 20.3 Å². The van der Waals surface area contributed by atoms with E-state index in [1.807, 2.05) is 78.7 Å². The van der Waals surface area contributed by atoms with Gasteiger partial charge in [-0.1, -0.05) is 42.5 Å². The number of amides is 1. The summed E-state index contributed by atoms with van der Waals surface area (Å²) in [4.78, 5) is 36.1. The van der Waals surface area contributed by atoms with Crippen LogP contribution in [0.4, 0.5) is 22.1 Å². The van der Waals surface area contributed by atoms with Gasteiger partial charge in [-0.05, 0) is 52.9 Å². The van der Waals surface area contributed by atoms with Crippen LogP contribution in [0.3, 0.4) is 0 Å². The first-order chi connectivity index (χ1) is 23.9. The van der Waals surface area contributed by atoms with Crippen LogP contribution in [0, 0.1) is 6.57 Å². The van der Waals surface area contributed by atoms with Crippen LogP contribution in [0.2, 0.25) is 0 Å². The van der Waals surface area contributed by atoms with Crippen molar-refractivity contribution in [2.24, 2.45) is 4.99 Å². The maximum atomic E-state index is 12.4. The molecule has 0 spiro atoms. The monoisotopic (exact) mass is 670 g/mol. The number of likely N-dealkylation sites (N-methyl/N-ethyl adjacent to an activating group) is 1. The van der Waals surface area contributed by atoms with E-state index in [2.05, 4.69) is 36.2 Å². The number of hydrogen-bond acceptors (Lipinski definition) is 11. The zero-order chi connectivity index (χ0) is 33.7. The average Bonchev–Trinajstić information content (AvgIpc) is 3.86. The van der Waals surface area contributed by atoms with Crippen LogP contribution in [-0.2, 0) is 24.3 Å². The smallest absolute Gasteiger partial charge is 0.407 e. The number of oxazole rings is 1. The molecular formula is C36H30N8O4S. The number of ether oxygens (including phenoxy) is 2. The van der Waals surface area contributed by atoms with Gasteiger partial charge < -0.3 is 29.8 Å². The summed E-state index contributed by atoms with van der Waals surface area (Å²) >= 11 is 1.58. The highest BCUT2D eigenvalue weighted by Crippen LogP contribution is 2.34. The van der Waals surface area contributed by atoms with E-state index in [1.165, 1.54) is 0 Å². The minimum Gasteiger partial charge on any atom is -0.471 e. The molecule has 4 heterocycles. The minimum atomic E-state index is -0.490. The van der Waals surface area contributed by atoms with Gasteiger partial charge in [0.2, 0.25) is 23.4 Å². The summed E-state index contributed by atoms with van der Waals surface area (Å²) in [6, 6.07) is 23.4. The summed E-state index contributed by atoms with van der Waals surface area (Å²) in [5, 5.41) is 3.87. The first-order valence-electron chi connectivity index (χ1n) is 15.4. The third-order valence-electron chi connectivity index (χ3n) is 7.82. The van der Waals surface area contributed by atoms with Crippen molar-refractivity contribution in [3.63, 3.8) is 0 Å². The molecule has 0 unspecified atom stereocenters. The first-order valence-corrected chi connectivity index (χ1v) is 16.2. The van der Waals surface area contributed by atoms with Crippen molar-refractivity contribution in [1.29, 1.82) is 0 Å². The lowest BCUT2D eigenvalue weighted by Gasteiger charge is -2.19. The molecule has 0 fully saturated rings. The Labute approximate surface area is 285 Å². The molecular weight excluding hydrogens is 641 g/mol. The normalized spacial score (nSPS) is 12.2. The predicted octanol–water partition coefficient (Wildman–Crippen LogP) is 7.03. The largest absolute Gasteiger partial charge is 0.471 e. The zero-order valence-electron chi connectivity index (χ0n) is 26.4. The molecule has 3 aromatic heterocycles. The van der Waals surface area contributed by atoms with Gasteiger partial charge in [0.15, 0.2) is 5.58 Å². The number of rotatable bonds is 11. The van der Waals surface area contributed by atoms with E-state index in [-0.39, 0.29) is 12.6 Å². The number of nitrogen functional groups attached to an aromatic ring is 1. The van der Waals surface area contributed by atoms with E-state index < -0.39 is 6.09 Å². The summed E-state index contributed by atoms with van der Waals surface area (Å²) in [5.41, 5.74) is 11.7. The van der Waals surface area contributed by atoms with Gasteiger partial charge in [-0.2, -0.15) is 4.98 Å². The maximum absolute atomic E-state index is 12.4. The van der Waals surface area contributed by atoms with Gasteiger partial charge in [-0.3, -0.25) is 4.99 Å². The highest BCUT2D eigenvalue weighted by atomic mass is 32.1. The number of nitrogens with one attached hydrogen (secondary N) is 1. The molecule has 49 heavy (non-hydrogen) atoms. The number of hydrogen-bond donors (Lipinski definition) is 2. The van der Waals surface area contributed by atoms with E-state index in [0.717, 1.165) is 43.0 Å². The van der Waals surface area contributed by atoms with Crippen LogP contribution in [-0.4, -0.2) is 47.5 Å². The topological polar surface area (TPSA) is 145 Å². The number of para-hydroxylation sites is 2. The molecule has 3 aromatic carbocycles. The Kier molecular flexibility index (Phi) is 8.86. The van der Waals surface area contributed by atoms with Crippen LogP contribution < -0.4 is 20.7 Å². The van der Waals surface area contributed by atoms with E-state index in [4.69, 9.17) is 26.2 Å². The Morgan fingerprint density at radius 1 is 1.10 bits per heavy atom. The van der Waals surface area contributed by atoms with Crippen molar-refractivity contribution in [2.75, 3.05) is 30.8 Å². The fraction of sp³-hybridized carbons (Fsp3) is 0.167. The third kappa shape index (κ3) is 7.19. The molecule has 1 aliphatic heterocycles. The van der Waals surface area contributed by atoms with Crippen molar-refractivity contribution >= 4 is 73.9 Å². The SMILES string of the molecule is [C-]#[N+]/C(=C\c1cc2ccc(N(C)CCOC(=O)NCc3ccc(COc4nc(N)nc5c4N=CC5)cc3)cc2s1)c1nc2ccccc2o1. The number of aliphatic imine (C=N–C) groups is 1. The zero-order valence-corrected chi connectivity index (χ0v) is 27.2. The second kappa shape index (κ2) is 13.8. The summed E-state index contributed by atoms with van der Waals surface area (Å²) in [6.45, 7) is 9.03. The van der Waals surface area contributed by atoms with Crippen molar-refractivity contribution in [2.45, 2.75) is 19.6 Å². The molecule has 0 atom stereocenters. The van der Waals surface area contributed by atoms with Crippen LogP contribution >= 0.6 is 11.3 Å². The molecule has 0 aliphatic carbocycles. The first kappa shape index (κ1) is 31.3. The second-order valence-electron chi connectivity index (χ2n) is 11.2. The number of nitrogens with two attached hydrogens (primary N) is 1. The molecule has 7 rings (SSSR count). The van der Waals surface area contributed by atoms with Gasteiger partial charge in [0.1, 0.15) is 24.4 Å². The molecule has 3 N–H and O–H groups in total. The molecule has 1 amide bonds. The van der Waals surface area contributed by atoms with E-state index in [9.17, 15) is 4.79 Å². The predicted molar refractivity (Wildman–Crippen MR) is 191 cm³/mol. The van der Waals surface area contributed by atoms with Crippen molar-refractivity contribution in [3.8, 4) is 5.88 Å². The summed E-state index contributed by atoms with van der Waals surface area (Å²) < 4.78 is 18.2. The molecule has 13 heteroatoms. The molecule has 12 nitrogen and oxygen atoms in total. The second-order valence-corrected chi connectivity index (χ2v) is 12.3. The van der Waals surface area contributed by atoms with E-state index in [1.54, 1.807) is 23.6 Å². The van der Waals surface area contributed by atoms with Crippen LogP contribution in [0.15, 0.2) is 82.2 Å². The standard InChI is InChI=1S/C36H30N8O4S/c1-38-29(33-41-27-5-3-4-6-30(27)48-33)19-26-17-24-11-12-25(18-31(24)49-26)44(2)15-16-46-36(45)40-20-22-7-9-23(10-8-22)21-47-34-32-28(13-14-39-32)42-35(37)43-34/h3-12,14,17-19H,13,15-16,20-21H2,2H3,(H,40,45)(H2,37,42,43)/b29-19-. The lowest BCUT2D eigenvalue weighted by Crippen LogP contribution is -2.28. The molecule has 0 saturated heterocycles. The Balaban J connectivity index is 0.877. The number of anilines is 2. The van der Waals surface area contributed by atoms with E-state index >= 15 is 0 Å². The Bertz CT molecular complexity index is 2240. The Morgan fingerprint density at radius 2 is 1.94 bits per heavy atom. The fourth-order valence-electron chi connectivity index (χ4n) is 5.23. The number of aromatic nitrogens is 3. The van der Waals surface area contributed by atoms with Gasteiger partial charge in [0, 0.05) is 41.5 Å². The molecule has 0 saturated carbocycles. The summed E-state index contributed by atoms with van der Waals surface area (Å²) in [7, 11) is 1.95. The highest BCUT2D eigenvalue weighted by molar-refractivity contribution is 7.19. The number of carbonyl (C=O) groups excluding carboxylic acids is 1. The van der Waals surface area contributed by atoms with E-state index in [0.29, 0.717) is 54.9 Å². The van der Waals surface area contributed by atoms with Gasteiger partial charge >= 0.3 is 6.09 Å². The van der Waals surface area contributed by atoms with Crippen LogP contribution in [0.1, 0.15) is 27.6 Å². The van der Waals surface area contributed by atoms with Gasteiger partial charge in [0.05, 0.1) is 18.8 Å². The Hall–Kier alpha value is -6.26. The number of nitrogens with zero attached hydrogens (tertiary/aromatic N) is 6. The van der Waals surface area contributed by atoms with Crippen molar-refractivity contribution in [3.05, 3.63) is 112 Å². The maximum Gasteiger partial charge on any atom is 0.407 e. The quantitative estimate of drug-likeness (QED) is 0.139. The van der Waals surface area contributed by atoms with Gasteiger partial charge in [-0.25, -0.2) is 19.6 Å². The lowest BCUT2D eigenvalue weighted by atomic mass is 10.1. The number of thiophene rings is 1. The number of carbonyl (C=O) groups is 1. The highest BCUT2D eigenvalue weighted by Gasteiger charge is 2.17. The summed E-state index contributed by atoms with van der Waals surface area (Å²) in [5.74, 6) is 0.838. The molecule has 244 valence electrons. The molecule has 6 aromatic rings. The minimum absolute atomic E-state index is 0.161. The lowest BCUT2D eigenvalue weighted by molar-refractivity contribution is 0.148. The van der Waals surface area contributed by atoms with Crippen LogP contribution in [0.25, 0.3) is 37.8 Å². The Morgan fingerprint density at radius 3 is 2.78 bits per heavy atom. The number of benzene rings is 3. The third-order valence-corrected chi connectivity index (χ3v) is 8.86. The summed E-state index contributed by atoms with van der Waals surface area (Å²) in [6.07, 6.45) is 3.69. The number of fused-ring (bicyclic) bond motifs is 3. The van der Waals surface area contributed by atoms with Crippen molar-refractivity contribution < 1.29 is 18.7 Å². The molecule has 0 radical (unpaired) electrons. The van der Waals surface area contributed by atoms with Gasteiger partial charge in [-0.15, -0.1) is 11.3 Å². The van der Waals surface area contributed by atoms with Gasteiger partial charge in [0.25, 0.3) is 0 Å². The molecule has 1 aliphatic rings.